The molecule has 1 atom stereocenters. The molecule has 1 fully saturated rings. The zero-order chi connectivity index (χ0) is 15.1. The largest absolute Gasteiger partial charge is 0.506 e. The summed E-state index contributed by atoms with van der Waals surface area (Å²) in [4.78, 5) is 6.73. The summed E-state index contributed by atoms with van der Waals surface area (Å²) < 4.78 is 5.44. The third kappa shape index (κ3) is 5.61. The van der Waals surface area contributed by atoms with Gasteiger partial charge < -0.3 is 15.2 Å². The van der Waals surface area contributed by atoms with E-state index < -0.39 is 0 Å². The Bertz CT molecular complexity index is 402. The third-order valence-electron chi connectivity index (χ3n) is 3.80. The molecule has 21 heavy (non-hydrogen) atoms. The quantitative estimate of drug-likeness (QED) is 0.800. The number of ether oxygens (including phenoxy) is 1. The predicted molar refractivity (Wildman–Crippen MR) is 83.2 cm³/mol. The van der Waals surface area contributed by atoms with Crippen molar-refractivity contribution in [2.75, 3.05) is 32.8 Å². The van der Waals surface area contributed by atoms with Gasteiger partial charge in [0.1, 0.15) is 5.75 Å². The Hall–Kier alpha value is -1.17. The van der Waals surface area contributed by atoms with E-state index >= 15 is 0 Å². The molecule has 5 nitrogen and oxygen atoms in total. The van der Waals surface area contributed by atoms with Crippen LogP contribution in [0.1, 0.15) is 26.0 Å². The van der Waals surface area contributed by atoms with Gasteiger partial charge in [0, 0.05) is 32.2 Å². The second-order valence-electron chi connectivity index (χ2n) is 6.07. The van der Waals surface area contributed by atoms with E-state index in [1.807, 2.05) is 6.07 Å². The van der Waals surface area contributed by atoms with Gasteiger partial charge in [0.2, 0.25) is 0 Å². The first-order valence-corrected chi connectivity index (χ1v) is 7.81. The number of pyridine rings is 1. The minimum absolute atomic E-state index is 0.213. The summed E-state index contributed by atoms with van der Waals surface area (Å²) in [6.45, 7) is 9.97. The highest BCUT2D eigenvalue weighted by atomic mass is 16.5. The summed E-state index contributed by atoms with van der Waals surface area (Å²) in [5, 5.41) is 12.7. The molecule has 0 spiro atoms. The smallest absolute Gasteiger partial charge is 0.133 e. The van der Waals surface area contributed by atoms with E-state index in [1.54, 1.807) is 6.07 Å². The minimum atomic E-state index is 0.213. The number of morpholine rings is 1. The van der Waals surface area contributed by atoms with Crippen LogP contribution in [0.4, 0.5) is 0 Å². The van der Waals surface area contributed by atoms with E-state index in [-0.39, 0.29) is 5.75 Å². The van der Waals surface area contributed by atoms with Crippen molar-refractivity contribution in [1.82, 2.24) is 15.2 Å². The molecule has 0 radical (unpaired) electrons. The van der Waals surface area contributed by atoms with Gasteiger partial charge in [-0.05, 0) is 24.5 Å². The second kappa shape index (κ2) is 8.32. The normalized spacial score (nSPS) is 18.0. The van der Waals surface area contributed by atoms with E-state index in [4.69, 9.17) is 4.74 Å². The van der Waals surface area contributed by atoms with E-state index in [2.05, 4.69) is 29.0 Å². The zero-order valence-corrected chi connectivity index (χ0v) is 13.1. The number of rotatable bonds is 7. The molecular weight excluding hydrogens is 266 g/mol. The summed E-state index contributed by atoms with van der Waals surface area (Å²) in [6.07, 6.45) is 2.68. The van der Waals surface area contributed by atoms with Crippen LogP contribution in [0.2, 0.25) is 0 Å². The Balaban J connectivity index is 1.81. The first-order valence-electron chi connectivity index (χ1n) is 7.81. The molecule has 5 heteroatoms. The lowest BCUT2D eigenvalue weighted by Crippen LogP contribution is -2.48. The Morgan fingerprint density at radius 1 is 1.33 bits per heavy atom. The van der Waals surface area contributed by atoms with E-state index in [0.717, 1.165) is 45.1 Å². The average Bonchev–Trinajstić information content (AvgIpc) is 2.49. The van der Waals surface area contributed by atoms with Crippen molar-refractivity contribution < 1.29 is 9.84 Å². The molecule has 0 amide bonds. The molecule has 2 rings (SSSR count). The Labute approximate surface area is 127 Å². The molecule has 2 N–H and O–H groups in total. The van der Waals surface area contributed by atoms with Gasteiger partial charge in [-0.2, -0.15) is 0 Å². The van der Waals surface area contributed by atoms with Gasteiger partial charge in [0.25, 0.3) is 0 Å². The number of aromatic hydroxyl groups is 1. The van der Waals surface area contributed by atoms with Crippen molar-refractivity contribution >= 4 is 0 Å². The lowest BCUT2D eigenvalue weighted by molar-refractivity contribution is 0.0123. The van der Waals surface area contributed by atoms with E-state index in [0.29, 0.717) is 12.0 Å². The van der Waals surface area contributed by atoms with Crippen molar-refractivity contribution in [2.24, 2.45) is 5.92 Å². The lowest BCUT2D eigenvalue weighted by atomic mass is 10.0. The van der Waals surface area contributed by atoms with Crippen LogP contribution in [0.3, 0.4) is 0 Å². The predicted octanol–water partition coefficient (Wildman–Crippen LogP) is 1.62. The first-order chi connectivity index (χ1) is 10.1. The van der Waals surface area contributed by atoms with Crippen LogP contribution in [0.25, 0.3) is 0 Å². The van der Waals surface area contributed by atoms with Crippen LogP contribution in [-0.4, -0.2) is 53.9 Å². The Morgan fingerprint density at radius 2 is 2.10 bits per heavy atom. The van der Waals surface area contributed by atoms with E-state index in [1.165, 1.54) is 12.6 Å². The van der Waals surface area contributed by atoms with Crippen molar-refractivity contribution in [3.05, 3.63) is 24.0 Å². The molecule has 1 saturated heterocycles. The Kier molecular flexibility index (Phi) is 6.42. The van der Waals surface area contributed by atoms with Crippen LogP contribution in [-0.2, 0) is 11.3 Å². The number of hydrogen-bond donors (Lipinski definition) is 2. The van der Waals surface area contributed by atoms with Gasteiger partial charge in [-0.25, -0.2) is 0 Å². The Morgan fingerprint density at radius 3 is 2.71 bits per heavy atom. The summed E-state index contributed by atoms with van der Waals surface area (Å²) >= 11 is 0. The lowest BCUT2D eigenvalue weighted by Gasteiger charge is -2.35. The van der Waals surface area contributed by atoms with Crippen LogP contribution < -0.4 is 5.32 Å². The van der Waals surface area contributed by atoms with Gasteiger partial charge in [-0.3, -0.25) is 9.88 Å². The molecule has 118 valence electrons. The second-order valence-corrected chi connectivity index (χ2v) is 6.07. The van der Waals surface area contributed by atoms with Gasteiger partial charge in [0.15, 0.2) is 0 Å². The molecule has 0 aromatic carbocycles. The van der Waals surface area contributed by atoms with Gasteiger partial charge in [0.05, 0.1) is 25.1 Å². The molecule has 0 saturated carbocycles. The number of hydrogen-bond acceptors (Lipinski definition) is 5. The van der Waals surface area contributed by atoms with Crippen LogP contribution in [0, 0.1) is 5.92 Å². The highest BCUT2D eigenvalue weighted by Gasteiger charge is 2.21. The fourth-order valence-electron chi connectivity index (χ4n) is 2.74. The molecule has 0 bridgehead atoms. The average molecular weight is 293 g/mol. The van der Waals surface area contributed by atoms with Crippen molar-refractivity contribution in [2.45, 2.75) is 32.9 Å². The summed E-state index contributed by atoms with van der Waals surface area (Å²) in [7, 11) is 0. The topological polar surface area (TPSA) is 57.6 Å². The molecule has 2 heterocycles. The minimum Gasteiger partial charge on any atom is -0.506 e. The number of nitrogens with one attached hydrogen (secondary N) is 1. The first kappa shape index (κ1) is 16.2. The number of aromatic nitrogens is 1. The maximum atomic E-state index is 9.24. The van der Waals surface area contributed by atoms with Gasteiger partial charge in [-0.1, -0.05) is 13.8 Å². The zero-order valence-electron chi connectivity index (χ0n) is 13.1. The van der Waals surface area contributed by atoms with Crippen molar-refractivity contribution in [3.8, 4) is 5.75 Å². The fourth-order valence-corrected chi connectivity index (χ4v) is 2.74. The molecule has 1 aliphatic rings. The maximum Gasteiger partial charge on any atom is 0.133 e. The molecular formula is C16H27N3O2. The summed E-state index contributed by atoms with van der Waals surface area (Å²) in [5.74, 6) is 0.899. The molecule has 1 aromatic heterocycles. The van der Waals surface area contributed by atoms with Crippen LogP contribution in [0.5, 0.6) is 5.75 Å². The fraction of sp³-hybridized carbons (Fsp3) is 0.688. The van der Waals surface area contributed by atoms with Crippen molar-refractivity contribution in [3.63, 3.8) is 0 Å². The van der Waals surface area contributed by atoms with Crippen LogP contribution in [0.15, 0.2) is 18.3 Å². The van der Waals surface area contributed by atoms with Crippen molar-refractivity contribution in [1.29, 1.82) is 0 Å². The molecule has 0 aliphatic carbocycles. The van der Waals surface area contributed by atoms with Gasteiger partial charge >= 0.3 is 0 Å². The molecule has 1 aliphatic heterocycles. The highest BCUT2D eigenvalue weighted by Crippen LogP contribution is 2.13. The standard InChI is InChI=1S/C16H27N3O2/c1-13(2)9-15(19-5-7-21-8-6-19)11-17-10-14-3-4-16(20)12-18-14/h3-4,12-13,15,17,20H,5-11H2,1-2H3. The summed E-state index contributed by atoms with van der Waals surface area (Å²) in [6, 6.07) is 4.08. The molecule has 1 unspecified atom stereocenters. The van der Waals surface area contributed by atoms with E-state index in [9.17, 15) is 5.11 Å². The third-order valence-corrected chi connectivity index (χ3v) is 3.80. The molecule has 1 aromatic rings. The monoisotopic (exact) mass is 293 g/mol. The van der Waals surface area contributed by atoms with Gasteiger partial charge in [-0.15, -0.1) is 0 Å². The highest BCUT2D eigenvalue weighted by molar-refractivity contribution is 5.17. The maximum absolute atomic E-state index is 9.24. The van der Waals surface area contributed by atoms with Crippen LogP contribution >= 0.6 is 0 Å². The SMILES string of the molecule is CC(C)CC(CNCc1ccc(O)cn1)N1CCOCC1. The summed E-state index contributed by atoms with van der Waals surface area (Å²) in [5.41, 5.74) is 0.957. The number of nitrogens with zero attached hydrogens (tertiary/aromatic N) is 2.